The van der Waals surface area contributed by atoms with Crippen molar-refractivity contribution in [1.82, 2.24) is 10.3 Å². The number of amides is 1. The lowest BCUT2D eigenvalue weighted by molar-refractivity contribution is 0.0971. The zero-order valence-electron chi connectivity index (χ0n) is 12.5. The molecule has 23 heavy (non-hydrogen) atoms. The van der Waals surface area contributed by atoms with Crippen LogP contribution in [-0.4, -0.2) is 30.0 Å². The standard InChI is InChI=1S/C17H17BrClN3O/c18-13-7-5-12(6-8-13)17(23)22(14-3-1-9-20-11-14)16-15(19)4-2-10-21-16/h2,4-8,10,14,20H,1,3,9,11H2/t14-/m1/s1. The summed E-state index contributed by atoms with van der Waals surface area (Å²) >= 11 is 9.71. The van der Waals surface area contributed by atoms with E-state index in [2.05, 4.69) is 26.2 Å². The molecule has 0 unspecified atom stereocenters. The number of rotatable bonds is 3. The summed E-state index contributed by atoms with van der Waals surface area (Å²) in [4.78, 5) is 19.2. The number of hydrogen-bond acceptors (Lipinski definition) is 3. The third-order valence-corrected chi connectivity index (χ3v) is 4.74. The van der Waals surface area contributed by atoms with Crippen LogP contribution < -0.4 is 10.2 Å². The molecule has 3 rings (SSSR count). The SMILES string of the molecule is O=C(c1ccc(Br)cc1)N(c1ncccc1Cl)[C@@H]1CCCNC1. The topological polar surface area (TPSA) is 45.2 Å². The highest BCUT2D eigenvalue weighted by Crippen LogP contribution is 2.28. The molecule has 6 heteroatoms. The van der Waals surface area contributed by atoms with Crippen LogP contribution in [-0.2, 0) is 0 Å². The highest BCUT2D eigenvalue weighted by atomic mass is 79.9. The van der Waals surface area contributed by atoms with Crippen molar-refractivity contribution in [3.05, 3.63) is 57.7 Å². The van der Waals surface area contributed by atoms with Crippen LogP contribution in [0.4, 0.5) is 5.82 Å². The van der Waals surface area contributed by atoms with Gasteiger partial charge in [-0.05, 0) is 55.8 Å². The first-order chi connectivity index (χ1) is 11.2. The van der Waals surface area contributed by atoms with Crippen molar-refractivity contribution in [3.8, 4) is 0 Å². The van der Waals surface area contributed by atoms with Crippen molar-refractivity contribution in [2.24, 2.45) is 0 Å². The van der Waals surface area contributed by atoms with Crippen molar-refractivity contribution in [2.45, 2.75) is 18.9 Å². The van der Waals surface area contributed by atoms with Gasteiger partial charge in [0, 0.05) is 22.8 Å². The number of anilines is 1. The Morgan fingerprint density at radius 2 is 2.09 bits per heavy atom. The van der Waals surface area contributed by atoms with Crippen LogP contribution in [0.25, 0.3) is 0 Å². The maximum absolute atomic E-state index is 13.1. The molecule has 1 saturated heterocycles. The maximum atomic E-state index is 13.1. The smallest absolute Gasteiger partial charge is 0.259 e. The number of nitrogens with one attached hydrogen (secondary N) is 1. The van der Waals surface area contributed by atoms with E-state index in [0.29, 0.717) is 16.4 Å². The first-order valence-electron chi connectivity index (χ1n) is 7.57. The summed E-state index contributed by atoms with van der Waals surface area (Å²) in [6.45, 7) is 1.72. The van der Waals surface area contributed by atoms with E-state index in [0.717, 1.165) is 30.4 Å². The number of aromatic nitrogens is 1. The molecule has 0 bridgehead atoms. The van der Waals surface area contributed by atoms with Gasteiger partial charge < -0.3 is 5.32 Å². The minimum absolute atomic E-state index is 0.0484. The Morgan fingerprint density at radius 3 is 2.74 bits per heavy atom. The highest BCUT2D eigenvalue weighted by molar-refractivity contribution is 9.10. The van der Waals surface area contributed by atoms with Crippen LogP contribution in [0.1, 0.15) is 23.2 Å². The van der Waals surface area contributed by atoms with Gasteiger partial charge in [0.1, 0.15) is 0 Å². The van der Waals surface area contributed by atoms with Crippen LogP contribution in [0.5, 0.6) is 0 Å². The lowest BCUT2D eigenvalue weighted by Crippen LogP contribution is -2.49. The molecule has 2 aromatic rings. The second-order valence-corrected chi connectivity index (χ2v) is 6.81. The average Bonchev–Trinajstić information content (AvgIpc) is 2.58. The quantitative estimate of drug-likeness (QED) is 0.859. The minimum Gasteiger partial charge on any atom is -0.315 e. The number of carbonyl (C=O) groups is 1. The van der Waals surface area contributed by atoms with E-state index in [1.807, 2.05) is 24.3 Å². The summed E-state index contributed by atoms with van der Waals surface area (Å²) < 4.78 is 0.941. The molecule has 1 aliphatic rings. The number of carbonyl (C=O) groups excluding carboxylic acids is 1. The van der Waals surface area contributed by atoms with Crippen LogP contribution in [0.2, 0.25) is 5.02 Å². The number of halogens is 2. The Labute approximate surface area is 149 Å². The summed E-state index contributed by atoms with van der Waals surface area (Å²) in [6.07, 6.45) is 3.63. The number of benzene rings is 1. The fourth-order valence-corrected chi connectivity index (χ4v) is 3.25. The summed E-state index contributed by atoms with van der Waals surface area (Å²) in [6, 6.07) is 10.9. The molecule has 1 fully saturated rings. The van der Waals surface area contributed by atoms with Crippen LogP contribution in [0, 0.1) is 0 Å². The van der Waals surface area contributed by atoms with Crippen molar-refractivity contribution in [3.63, 3.8) is 0 Å². The number of piperidine rings is 1. The molecule has 1 amide bonds. The minimum atomic E-state index is -0.0770. The van der Waals surface area contributed by atoms with Gasteiger partial charge in [-0.15, -0.1) is 0 Å². The van der Waals surface area contributed by atoms with Gasteiger partial charge in [-0.25, -0.2) is 4.98 Å². The number of hydrogen-bond donors (Lipinski definition) is 1. The third-order valence-electron chi connectivity index (χ3n) is 3.91. The maximum Gasteiger partial charge on any atom is 0.259 e. The van der Waals surface area contributed by atoms with E-state index < -0.39 is 0 Å². The monoisotopic (exact) mass is 393 g/mol. The molecule has 1 N–H and O–H groups in total. The molecule has 1 atom stereocenters. The van der Waals surface area contributed by atoms with Crippen LogP contribution in [0.15, 0.2) is 47.1 Å². The van der Waals surface area contributed by atoms with Gasteiger partial charge in [0.2, 0.25) is 0 Å². The van der Waals surface area contributed by atoms with E-state index >= 15 is 0 Å². The Hall–Kier alpha value is -1.43. The zero-order chi connectivity index (χ0) is 16.2. The fourth-order valence-electron chi connectivity index (χ4n) is 2.77. The lowest BCUT2D eigenvalue weighted by Gasteiger charge is -2.34. The van der Waals surface area contributed by atoms with E-state index in [9.17, 15) is 4.79 Å². The van der Waals surface area contributed by atoms with Gasteiger partial charge in [-0.3, -0.25) is 9.69 Å². The van der Waals surface area contributed by atoms with Crippen LogP contribution >= 0.6 is 27.5 Å². The first-order valence-corrected chi connectivity index (χ1v) is 8.74. The fraction of sp³-hybridized carbons (Fsp3) is 0.294. The number of pyridine rings is 1. The molecular formula is C17H17BrClN3O. The average molecular weight is 395 g/mol. The van der Waals surface area contributed by atoms with E-state index in [4.69, 9.17) is 11.6 Å². The van der Waals surface area contributed by atoms with Crippen molar-refractivity contribution >= 4 is 39.3 Å². The molecule has 0 saturated carbocycles. The number of nitrogens with zero attached hydrogens (tertiary/aromatic N) is 2. The van der Waals surface area contributed by atoms with E-state index in [1.54, 1.807) is 23.2 Å². The summed E-state index contributed by atoms with van der Waals surface area (Å²) in [5, 5.41) is 3.84. The zero-order valence-corrected chi connectivity index (χ0v) is 14.8. The molecule has 0 radical (unpaired) electrons. The molecule has 0 aliphatic carbocycles. The van der Waals surface area contributed by atoms with Gasteiger partial charge >= 0.3 is 0 Å². The molecule has 4 nitrogen and oxygen atoms in total. The van der Waals surface area contributed by atoms with Crippen molar-refractivity contribution in [1.29, 1.82) is 0 Å². The summed E-state index contributed by atoms with van der Waals surface area (Å²) in [5.74, 6) is 0.447. The van der Waals surface area contributed by atoms with E-state index in [1.165, 1.54) is 0 Å². The van der Waals surface area contributed by atoms with Gasteiger partial charge in [-0.1, -0.05) is 27.5 Å². The van der Waals surface area contributed by atoms with Crippen molar-refractivity contribution in [2.75, 3.05) is 18.0 Å². The van der Waals surface area contributed by atoms with Crippen LogP contribution in [0.3, 0.4) is 0 Å². The van der Waals surface area contributed by atoms with Gasteiger partial charge in [0.05, 0.1) is 11.1 Å². The third kappa shape index (κ3) is 3.74. The molecule has 2 heterocycles. The summed E-state index contributed by atoms with van der Waals surface area (Å²) in [7, 11) is 0. The second kappa shape index (κ2) is 7.43. The Kier molecular flexibility index (Phi) is 5.30. The normalized spacial score (nSPS) is 17.7. The van der Waals surface area contributed by atoms with Gasteiger partial charge in [0.25, 0.3) is 5.91 Å². The first kappa shape index (κ1) is 16.4. The Bertz CT molecular complexity index is 686. The lowest BCUT2D eigenvalue weighted by atomic mass is 10.0. The molecular weight excluding hydrogens is 378 g/mol. The van der Waals surface area contributed by atoms with Gasteiger partial charge in [-0.2, -0.15) is 0 Å². The van der Waals surface area contributed by atoms with Crippen molar-refractivity contribution < 1.29 is 4.79 Å². The summed E-state index contributed by atoms with van der Waals surface area (Å²) in [5.41, 5.74) is 0.625. The second-order valence-electron chi connectivity index (χ2n) is 5.49. The molecule has 1 aromatic carbocycles. The Morgan fingerprint density at radius 1 is 1.30 bits per heavy atom. The molecule has 0 spiro atoms. The predicted octanol–water partition coefficient (Wildman–Crippen LogP) is 3.90. The highest BCUT2D eigenvalue weighted by Gasteiger charge is 2.29. The molecule has 1 aliphatic heterocycles. The van der Waals surface area contributed by atoms with E-state index in [-0.39, 0.29) is 11.9 Å². The largest absolute Gasteiger partial charge is 0.315 e. The van der Waals surface area contributed by atoms with Gasteiger partial charge in [0.15, 0.2) is 5.82 Å². The predicted molar refractivity (Wildman–Crippen MR) is 96.1 cm³/mol. The molecule has 1 aromatic heterocycles. The molecule has 120 valence electrons. The Balaban J connectivity index is 1.99.